The number of esters is 1. The van der Waals surface area contributed by atoms with E-state index in [2.05, 4.69) is 5.10 Å². The van der Waals surface area contributed by atoms with Gasteiger partial charge in [-0.25, -0.2) is 9.48 Å². The number of rotatable bonds is 7. The summed E-state index contributed by atoms with van der Waals surface area (Å²) in [6, 6.07) is 13.3. The number of Topliss-reactive ketones (excluding diaryl/α,β-unsaturated/α-hetero) is 1. The molecule has 0 fully saturated rings. The maximum absolute atomic E-state index is 12.9. The summed E-state index contributed by atoms with van der Waals surface area (Å²) in [6.45, 7) is 5.79. The number of carbonyl (C=O) groups is 2. The van der Waals surface area contributed by atoms with Crippen molar-refractivity contribution in [3.05, 3.63) is 70.1 Å². The molecule has 3 aromatic rings. The second kappa shape index (κ2) is 8.90. The van der Waals surface area contributed by atoms with Crippen LogP contribution in [0.25, 0.3) is 10.8 Å². The van der Waals surface area contributed by atoms with Gasteiger partial charge >= 0.3 is 5.97 Å². The van der Waals surface area contributed by atoms with Crippen molar-refractivity contribution in [1.82, 2.24) is 9.78 Å². The summed E-state index contributed by atoms with van der Waals surface area (Å²) in [6.07, 6.45) is -1.02. The van der Waals surface area contributed by atoms with Gasteiger partial charge in [-0.15, -0.1) is 0 Å². The zero-order chi connectivity index (χ0) is 21.8. The molecule has 0 spiro atoms. The Labute approximate surface area is 174 Å². The molecule has 0 bridgehead atoms. The highest BCUT2D eigenvalue weighted by molar-refractivity contribution is 6.05. The van der Waals surface area contributed by atoms with Gasteiger partial charge in [0.15, 0.2) is 11.8 Å². The number of hydrogen-bond donors (Lipinski definition) is 0. The van der Waals surface area contributed by atoms with Crippen LogP contribution in [0.3, 0.4) is 0 Å². The molecular weight excluding hydrogens is 384 g/mol. The predicted octanol–water partition coefficient (Wildman–Crippen LogP) is 3.49. The smallest absolute Gasteiger partial charge is 0.360 e. The number of hydrogen-bond acceptors (Lipinski definition) is 6. The van der Waals surface area contributed by atoms with Gasteiger partial charge in [0.1, 0.15) is 5.75 Å². The number of methoxy groups -OCH3 is 1. The molecule has 1 heterocycles. The number of carbonyl (C=O) groups excluding carboxylic acids is 2. The highest BCUT2D eigenvalue weighted by Crippen LogP contribution is 2.17. The van der Waals surface area contributed by atoms with Crippen molar-refractivity contribution in [2.45, 2.75) is 33.4 Å². The van der Waals surface area contributed by atoms with E-state index in [1.807, 2.05) is 13.8 Å². The molecule has 0 amide bonds. The fraction of sp³-hybridized carbons (Fsp3) is 0.304. The first-order valence-electron chi connectivity index (χ1n) is 9.71. The third-order valence-electron chi connectivity index (χ3n) is 4.63. The Morgan fingerprint density at radius 1 is 1.00 bits per heavy atom. The fourth-order valence-electron chi connectivity index (χ4n) is 3.12. The lowest BCUT2D eigenvalue weighted by Crippen LogP contribution is -2.30. The van der Waals surface area contributed by atoms with Crippen molar-refractivity contribution in [2.24, 2.45) is 5.92 Å². The molecule has 1 atom stereocenters. The van der Waals surface area contributed by atoms with Gasteiger partial charge in [-0.2, -0.15) is 5.10 Å². The van der Waals surface area contributed by atoms with Crippen LogP contribution in [0.4, 0.5) is 0 Å². The lowest BCUT2D eigenvalue weighted by atomic mass is 10.1. The molecule has 7 nitrogen and oxygen atoms in total. The summed E-state index contributed by atoms with van der Waals surface area (Å²) in [7, 11) is 1.54. The van der Waals surface area contributed by atoms with Crippen molar-refractivity contribution >= 4 is 22.5 Å². The molecule has 0 N–H and O–H groups in total. The highest BCUT2D eigenvalue weighted by Gasteiger charge is 2.24. The summed E-state index contributed by atoms with van der Waals surface area (Å²) < 4.78 is 11.8. The van der Waals surface area contributed by atoms with Crippen LogP contribution in [-0.2, 0) is 11.3 Å². The molecule has 30 heavy (non-hydrogen) atoms. The molecule has 0 saturated heterocycles. The van der Waals surface area contributed by atoms with Crippen molar-refractivity contribution < 1.29 is 19.1 Å². The van der Waals surface area contributed by atoms with Crippen LogP contribution in [-0.4, -0.2) is 34.7 Å². The van der Waals surface area contributed by atoms with E-state index in [9.17, 15) is 14.4 Å². The van der Waals surface area contributed by atoms with Crippen LogP contribution in [0.5, 0.6) is 5.75 Å². The average molecular weight is 408 g/mol. The third kappa shape index (κ3) is 4.40. The minimum Gasteiger partial charge on any atom is -0.497 e. The lowest BCUT2D eigenvalue weighted by Gasteiger charge is -2.15. The van der Waals surface area contributed by atoms with Gasteiger partial charge in [0, 0.05) is 17.5 Å². The Hall–Kier alpha value is -3.48. The minimum absolute atomic E-state index is 0.0141. The van der Waals surface area contributed by atoms with Crippen molar-refractivity contribution in [1.29, 1.82) is 0 Å². The van der Waals surface area contributed by atoms with Crippen molar-refractivity contribution in [3.8, 4) is 5.75 Å². The van der Waals surface area contributed by atoms with Crippen LogP contribution in [0.15, 0.2) is 53.3 Å². The molecule has 1 aromatic heterocycles. The number of benzene rings is 2. The molecule has 2 aromatic carbocycles. The van der Waals surface area contributed by atoms with E-state index in [0.717, 1.165) is 0 Å². The summed E-state index contributed by atoms with van der Waals surface area (Å²) in [4.78, 5) is 38.2. The first-order valence-corrected chi connectivity index (χ1v) is 9.71. The van der Waals surface area contributed by atoms with Gasteiger partial charge in [-0.3, -0.25) is 9.59 Å². The second-order valence-corrected chi connectivity index (χ2v) is 7.42. The summed E-state index contributed by atoms with van der Waals surface area (Å²) in [5, 5.41) is 5.03. The van der Waals surface area contributed by atoms with E-state index in [-0.39, 0.29) is 23.0 Å². The SMILES string of the molecule is COc1ccc(C(=O)[C@@H](C)OC(=O)c2nn(CC(C)C)c(=O)c3ccccc23)cc1. The monoisotopic (exact) mass is 408 g/mol. The molecule has 0 aliphatic rings. The Morgan fingerprint density at radius 3 is 2.23 bits per heavy atom. The molecule has 156 valence electrons. The van der Waals surface area contributed by atoms with Crippen LogP contribution >= 0.6 is 0 Å². The number of ether oxygens (including phenoxy) is 2. The Balaban J connectivity index is 1.91. The molecular formula is C23H24N2O5. The second-order valence-electron chi connectivity index (χ2n) is 7.42. The third-order valence-corrected chi connectivity index (χ3v) is 4.63. The molecule has 0 aliphatic heterocycles. The summed E-state index contributed by atoms with van der Waals surface area (Å²) >= 11 is 0. The molecule has 0 unspecified atom stereocenters. The summed E-state index contributed by atoms with van der Waals surface area (Å²) in [5.74, 6) is -0.307. The standard InChI is InChI=1S/C23H24N2O5/c1-14(2)13-25-22(27)19-8-6-5-7-18(19)20(24-25)23(28)30-15(3)21(26)16-9-11-17(29-4)12-10-16/h5-12,14-15H,13H2,1-4H3/t15-/m1/s1. The number of fused-ring (bicyclic) bond motifs is 1. The lowest BCUT2D eigenvalue weighted by molar-refractivity contribution is 0.0312. The van der Waals surface area contributed by atoms with Crippen molar-refractivity contribution in [3.63, 3.8) is 0 Å². The van der Waals surface area contributed by atoms with E-state index >= 15 is 0 Å². The maximum atomic E-state index is 12.9. The van der Waals surface area contributed by atoms with Crippen LogP contribution in [0.2, 0.25) is 0 Å². The van der Waals surface area contributed by atoms with Crippen LogP contribution < -0.4 is 10.3 Å². The van der Waals surface area contributed by atoms with Gasteiger partial charge in [0.25, 0.3) is 5.56 Å². The van der Waals surface area contributed by atoms with Crippen LogP contribution in [0.1, 0.15) is 41.6 Å². The topological polar surface area (TPSA) is 87.5 Å². The van der Waals surface area contributed by atoms with E-state index < -0.39 is 12.1 Å². The molecule has 0 radical (unpaired) electrons. The molecule has 3 rings (SSSR count). The van der Waals surface area contributed by atoms with Gasteiger partial charge in [-0.1, -0.05) is 32.0 Å². The van der Waals surface area contributed by atoms with E-state index in [1.54, 1.807) is 48.5 Å². The normalized spacial score (nSPS) is 12.0. The van der Waals surface area contributed by atoms with E-state index in [0.29, 0.717) is 28.6 Å². The Bertz CT molecular complexity index is 1130. The first-order chi connectivity index (χ1) is 14.3. The summed E-state index contributed by atoms with van der Waals surface area (Å²) in [5.41, 5.74) is 0.150. The first kappa shape index (κ1) is 21.2. The number of aromatic nitrogens is 2. The van der Waals surface area contributed by atoms with Gasteiger partial charge in [-0.05, 0) is 43.2 Å². The van der Waals surface area contributed by atoms with Gasteiger partial charge < -0.3 is 9.47 Å². The predicted molar refractivity (Wildman–Crippen MR) is 113 cm³/mol. The zero-order valence-electron chi connectivity index (χ0n) is 17.4. The number of ketones is 1. The zero-order valence-corrected chi connectivity index (χ0v) is 17.4. The van der Waals surface area contributed by atoms with Gasteiger partial charge in [0.2, 0.25) is 5.78 Å². The molecule has 0 saturated carbocycles. The fourth-order valence-corrected chi connectivity index (χ4v) is 3.12. The largest absolute Gasteiger partial charge is 0.497 e. The van der Waals surface area contributed by atoms with Crippen molar-refractivity contribution in [2.75, 3.05) is 7.11 Å². The van der Waals surface area contributed by atoms with Crippen LogP contribution in [0, 0.1) is 5.92 Å². The van der Waals surface area contributed by atoms with Gasteiger partial charge in [0.05, 0.1) is 12.5 Å². The maximum Gasteiger partial charge on any atom is 0.360 e. The average Bonchev–Trinajstić information content (AvgIpc) is 2.74. The highest BCUT2D eigenvalue weighted by atomic mass is 16.5. The minimum atomic E-state index is -1.02. The number of nitrogens with zero attached hydrogens (tertiary/aromatic N) is 2. The molecule has 0 aliphatic carbocycles. The van der Waals surface area contributed by atoms with E-state index in [1.165, 1.54) is 18.7 Å². The Morgan fingerprint density at radius 2 is 1.63 bits per heavy atom. The quantitative estimate of drug-likeness (QED) is 0.439. The molecule has 7 heteroatoms. The van der Waals surface area contributed by atoms with E-state index in [4.69, 9.17) is 9.47 Å². The Kier molecular flexibility index (Phi) is 6.30.